The Labute approximate surface area is 157 Å². The lowest BCUT2D eigenvalue weighted by molar-refractivity contribution is -0.136. The Morgan fingerprint density at radius 1 is 1.30 bits per heavy atom. The first-order valence-electron chi connectivity index (χ1n) is 8.98. The van der Waals surface area contributed by atoms with Crippen LogP contribution in [-0.4, -0.2) is 36.3 Å². The van der Waals surface area contributed by atoms with Crippen molar-refractivity contribution >= 4 is 17.6 Å². The topological polar surface area (TPSA) is 98.0 Å². The number of nitrogens with one attached hydrogen (secondary N) is 1. The lowest BCUT2D eigenvalue weighted by Gasteiger charge is -2.23. The summed E-state index contributed by atoms with van der Waals surface area (Å²) in [5, 5.41) is 11.8. The normalized spacial score (nSPS) is 16.7. The van der Waals surface area contributed by atoms with Crippen LogP contribution in [0.25, 0.3) is 0 Å². The molecule has 1 aliphatic rings. The van der Waals surface area contributed by atoms with Crippen molar-refractivity contribution in [2.24, 2.45) is 0 Å². The van der Waals surface area contributed by atoms with Gasteiger partial charge in [-0.1, -0.05) is 12.1 Å². The molecule has 2 heterocycles. The molecule has 3 rings (SSSR count). The van der Waals surface area contributed by atoms with Crippen molar-refractivity contribution in [2.45, 2.75) is 38.7 Å². The monoisotopic (exact) mass is 373 g/mol. The summed E-state index contributed by atoms with van der Waals surface area (Å²) in [5.74, 6) is -0.815. The number of carboxylic acid groups (broad SMARTS) is 1. The average molecular weight is 373 g/mol. The Hall–Kier alpha value is -2.80. The van der Waals surface area contributed by atoms with E-state index in [0.717, 1.165) is 25.9 Å². The molecule has 1 amide bonds. The number of carbonyl (C=O) groups excluding carboxylic acids is 1. The van der Waals surface area contributed by atoms with E-state index in [-0.39, 0.29) is 23.8 Å². The van der Waals surface area contributed by atoms with Gasteiger partial charge in [-0.05, 0) is 38.3 Å². The summed E-state index contributed by atoms with van der Waals surface area (Å²) in [6.07, 6.45) is 4.25. The molecule has 1 aromatic heterocycles. The molecule has 7 nitrogen and oxygen atoms in total. The van der Waals surface area contributed by atoms with E-state index < -0.39 is 11.9 Å². The SMILES string of the molecule is Cc1coc(CC(=O)O)c1C(=O)Nc1ccccc1OCC1CCCCO1. The highest BCUT2D eigenvalue weighted by atomic mass is 16.5. The minimum atomic E-state index is -1.06. The minimum Gasteiger partial charge on any atom is -0.489 e. The molecule has 1 aromatic carbocycles. The molecule has 1 unspecified atom stereocenters. The number of furan rings is 1. The Bertz CT molecular complexity index is 807. The fraction of sp³-hybridized carbons (Fsp3) is 0.400. The van der Waals surface area contributed by atoms with Gasteiger partial charge in [-0.3, -0.25) is 9.59 Å². The van der Waals surface area contributed by atoms with Crippen molar-refractivity contribution < 1.29 is 28.6 Å². The van der Waals surface area contributed by atoms with Crippen LogP contribution >= 0.6 is 0 Å². The Morgan fingerprint density at radius 2 is 2.11 bits per heavy atom. The smallest absolute Gasteiger partial charge is 0.311 e. The van der Waals surface area contributed by atoms with Crippen molar-refractivity contribution in [3.8, 4) is 5.75 Å². The molecule has 144 valence electrons. The Balaban J connectivity index is 1.71. The van der Waals surface area contributed by atoms with E-state index >= 15 is 0 Å². The highest BCUT2D eigenvalue weighted by molar-refractivity contribution is 6.07. The number of rotatable bonds is 7. The number of carboxylic acids is 1. The van der Waals surface area contributed by atoms with E-state index in [1.54, 1.807) is 25.1 Å². The summed E-state index contributed by atoms with van der Waals surface area (Å²) >= 11 is 0. The Morgan fingerprint density at radius 3 is 2.85 bits per heavy atom. The molecular formula is C20H23NO6. The van der Waals surface area contributed by atoms with E-state index in [0.29, 0.717) is 23.6 Å². The van der Waals surface area contributed by atoms with Crippen LogP contribution in [0.4, 0.5) is 5.69 Å². The number of para-hydroxylation sites is 2. The number of benzene rings is 1. The van der Waals surface area contributed by atoms with Crippen LogP contribution in [0, 0.1) is 6.92 Å². The van der Waals surface area contributed by atoms with Gasteiger partial charge < -0.3 is 24.3 Å². The molecule has 1 saturated heterocycles. The third kappa shape index (κ3) is 4.89. The highest BCUT2D eigenvalue weighted by Crippen LogP contribution is 2.27. The number of carbonyl (C=O) groups is 2. The molecule has 2 aromatic rings. The maximum atomic E-state index is 12.7. The first-order chi connectivity index (χ1) is 13.0. The molecule has 1 aliphatic heterocycles. The van der Waals surface area contributed by atoms with Gasteiger partial charge in [0.25, 0.3) is 5.91 Å². The second kappa shape index (κ2) is 8.73. The van der Waals surface area contributed by atoms with Gasteiger partial charge in [-0.2, -0.15) is 0 Å². The van der Waals surface area contributed by atoms with Crippen LogP contribution in [0.2, 0.25) is 0 Å². The Kier molecular flexibility index (Phi) is 6.13. The standard InChI is InChI=1S/C20H23NO6/c1-13-11-26-17(10-18(22)23)19(13)20(24)21-15-7-2-3-8-16(15)27-12-14-6-4-5-9-25-14/h2-3,7-8,11,14H,4-6,9-10,12H2,1H3,(H,21,24)(H,22,23). The molecular weight excluding hydrogens is 350 g/mol. The van der Waals surface area contributed by atoms with Crippen LogP contribution in [-0.2, 0) is 16.0 Å². The van der Waals surface area contributed by atoms with E-state index in [1.165, 1.54) is 6.26 Å². The van der Waals surface area contributed by atoms with Gasteiger partial charge >= 0.3 is 5.97 Å². The average Bonchev–Trinajstić information content (AvgIpc) is 3.01. The van der Waals surface area contributed by atoms with Gasteiger partial charge in [0, 0.05) is 12.2 Å². The van der Waals surface area contributed by atoms with Crippen LogP contribution < -0.4 is 10.1 Å². The van der Waals surface area contributed by atoms with Gasteiger partial charge in [0.2, 0.25) is 0 Å². The molecule has 2 N–H and O–H groups in total. The molecule has 0 bridgehead atoms. The zero-order valence-electron chi connectivity index (χ0n) is 15.2. The van der Waals surface area contributed by atoms with Crippen LogP contribution in [0.3, 0.4) is 0 Å². The molecule has 0 aliphatic carbocycles. The third-order valence-electron chi connectivity index (χ3n) is 4.42. The second-order valence-electron chi connectivity index (χ2n) is 6.54. The molecule has 27 heavy (non-hydrogen) atoms. The number of ether oxygens (including phenoxy) is 2. The number of aryl methyl sites for hydroxylation is 1. The lowest BCUT2D eigenvalue weighted by Crippen LogP contribution is -2.26. The largest absolute Gasteiger partial charge is 0.489 e. The van der Waals surface area contributed by atoms with Crippen molar-refractivity contribution in [1.29, 1.82) is 0 Å². The van der Waals surface area contributed by atoms with Gasteiger partial charge in [0.15, 0.2) is 0 Å². The molecule has 0 spiro atoms. The van der Waals surface area contributed by atoms with Gasteiger partial charge in [-0.15, -0.1) is 0 Å². The maximum Gasteiger partial charge on any atom is 0.311 e. The van der Waals surface area contributed by atoms with Gasteiger partial charge in [-0.25, -0.2) is 0 Å². The third-order valence-corrected chi connectivity index (χ3v) is 4.42. The zero-order valence-corrected chi connectivity index (χ0v) is 15.2. The first-order valence-corrected chi connectivity index (χ1v) is 8.98. The number of hydrogen-bond acceptors (Lipinski definition) is 5. The van der Waals surface area contributed by atoms with Crippen molar-refractivity contribution in [3.63, 3.8) is 0 Å². The summed E-state index contributed by atoms with van der Waals surface area (Å²) in [4.78, 5) is 23.7. The molecule has 0 saturated carbocycles. The summed E-state index contributed by atoms with van der Waals surface area (Å²) in [5.41, 5.74) is 1.33. The summed E-state index contributed by atoms with van der Waals surface area (Å²) in [6.45, 7) is 2.87. The number of anilines is 1. The molecule has 0 radical (unpaired) electrons. The predicted octanol–water partition coefficient (Wildman–Crippen LogP) is 3.42. The number of aliphatic carboxylic acids is 1. The van der Waals surface area contributed by atoms with Gasteiger partial charge in [0.1, 0.15) is 24.5 Å². The quantitative estimate of drug-likeness (QED) is 0.772. The fourth-order valence-electron chi connectivity index (χ4n) is 3.07. The lowest BCUT2D eigenvalue weighted by atomic mass is 10.1. The fourth-order valence-corrected chi connectivity index (χ4v) is 3.07. The first kappa shape index (κ1) is 19.0. The molecule has 1 atom stereocenters. The summed E-state index contributed by atoms with van der Waals surface area (Å²) < 4.78 is 16.8. The molecule has 1 fully saturated rings. The highest BCUT2D eigenvalue weighted by Gasteiger charge is 2.22. The van der Waals surface area contributed by atoms with Crippen molar-refractivity contribution in [3.05, 3.63) is 47.4 Å². The van der Waals surface area contributed by atoms with Crippen molar-refractivity contribution in [2.75, 3.05) is 18.5 Å². The van der Waals surface area contributed by atoms with E-state index in [4.69, 9.17) is 19.0 Å². The van der Waals surface area contributed by atoms with E-state index in [1.807, 2.05) is 6.07 Å². The van der Waals surface area contributed by atoms with Crippen LogP contribution in [0.15, 0.2) is 34.9 Å². The minimum absolute atomic E-state index is 0.0563. The summed E-state index contributed by atoms with van der Waals surface area (Å²) in [7, 11) is 0. The van der Waals surface area contributed by atoms with E-state index in [2.05, 4.69) is 5.32 Å². The van der Waals surface area contributed by atoms with Crippen molar-refractivity contribution in [1.82, 2.24) is 0 Å². The maximum absolute atomic E-state index is 12.7. The van der Waals surface area contributed by atoms with E-state index in [9.17, 15) is 9.59 Å². The number of amides is 1. The predicted molar refractivity (Wildman–Crippen MR) is 98.3 cm³/mol. The summed E-state index contributed by atoms with van der Waals surface area (Å²) in [6, 6.07) is 7.13. The van der Waals surface area contributed by atoms with Crippen LogP contribution in [0.5, 0.6) is 5.75 Å². The number of hydrogen-bond donors (Lipinski definition) is 2. The molecule has 7 heteroatoms. The second-order valence-corrected chi connectivity index (χ2v) is 6.54. The zero-order chi connectivity index (χ0) is 19.2. The van der Waals surface area contributed by atoms with Crippen LogP contribution in [0.1, 0.15) is 40.9 Å². The van der Waals surface area contributed by atoms with Gasteiger partial charge in [0.05, 0.1) is 23.6 Å².